The molecule has 0 atom stereocenters. The van der Waals surface area contributed by atoms with E-state index in [0.29, 0.717) is 13.0 Å². The Morgan fingerprint density at radius 3 is 2.80 bits per heavy atom. The van der Waals surface area contributed by atoms with E-state index in [4.69, 9.17) is 0 Å². The second kappa shape index (κ2) is 6.86. The largest absolute Gasteiger partial charge is 0.469 e. The van der Waals surface area contributed by atoms with E-state index in [1.165, 1.54) is 7.11 Å². The van der Waals surface area contributed by atoms with Crippen LogP contribution in [0.5, 0.6) is 0 Å². The molecule has 0 fully saturated rings. The average Bonchev–Trinajstić information content (AvgIpc) is 2.94. The topological polar surface area (TPSA) is 47.4 Å². The lowest BCUT2D eigenvalue weighted by molar-refractivity contribution is -0.140. The fraction of sp³-hybridized carbons (Fsp3) is 0.333. The van der Waals surface area contributed by atoms with Crippen LogP contribution in [-0.4, -0.2) is 41.4 Å². The summed E-state index contributed by atoms with van der Waals surface area (Å²) in [6.07, 6.45) is 4.26. The van der Waals surface area contributed by atoms with Crippen molar-refractivity contribution < 1.29 is 9.53 Å². The van der Waals surface area contributed by atoms with Crippen molar-refractivity contribution in [1.29, 1.82) is 0 Å². The van der Waals surface area contributed by atoms with Gasteiger partial charge in [0, 0.05) is 24.8 Å². The van der Waals surface area contributed by atoms with Crippen LogP contribution in [0.1, 0.15) is 12.0 Å². The molecule has 0 radical (unpaired) electrons. The summed E-state index contributed by atoms with van der Waals surface area (Å²) in [4.78, 5) is 13.2. The molecular formula is C15H19N3O2. The third-order valence-electron chi connectivity index (χ3n) is 3.03. The summed E-state index contributed by atoms with van der Waals surface area (Å²) in [5, 5.41) is 4.35. The first kappa shape index (κ1) is 14.3. The zero-order valence-corrected chi connectivity index (χ0v) is 11.8. The van der Waals surface area contributed by atoms with Crippen molar-refractivity contribution in [3.05, 3.63) is 48.3 Å². The number of benzene rings is 1. The average molecular weight is 273 g/mol. The molecule has 0 unspecified atom stereocenters. The van der Waals surface area contributed by atoms with Gasteiger partial charge in [-0.25, -0.2) is 4.68 Å². The summed E-state index contributed by atoms with van der Waals surface area (Å²) < 4.78 is 6.48. The van der Waals surface area contributed by atoms with Crippen LogP contribution >= 0.6 is 0 Å². The third kappa shape index (κ3) is 3.93. The van der Waals surface area contributed by atoms with E-state index in [0.717, 1.165) is 17.8 Å². The second-order valence-electron chi connectivity index (χ2n) is 4.69. The number of esters is 1. The first-order valence-electron chi connectivity index (χ1n) is 6.53. The van der Waals surface area contributed by atoms with Gasteiger partial charge in [0.25, 0.3) is 0 Å². The van der Waals surface area contributed by atoms with Gasteiger partial charge in [0.2, 0.25) is 0 Å². The first-order valence-corrected chi connectivity index (χ1v) is 6.53. The number of carbonyl (C=O) groups excluding carboxylic acids is 1. The van der Waals surface area contributed by atoms with Crippen molar-refractivity contribution in [3.63, 3.8) is 0 Å². The Kier molecular flexibility index (Phi) is 4.90. The lowest BCUT2D eigenvalue weighted by Crippen LogP contribution is -2.21. The molecule has 0 saturated carbocycles. The van der Waals surface area contributed by atoms with Crippen molar-refractivity contribution in [2.45, 2.75) is 13.0 Å². The standard InChI is InChI=1S/C15H19N3O2/c1-17(9-8-15(19)20-2)11-13-10-16-18(12-13)14-6-4-3-5-7-14/h3-7,10,12H,8-9,11H2,1-2H3. The van der Waals surface area contributed by atoms with Gasteiger partial charge in [0.15, 0.2) is 0 Å². The maximum absolute atomic E-state index is 11.1. The molecule has 0 aliphatic carbocycles. The number of carbonyl (C=O) groups is 1. The minimum Gasteiger partial charge on any atom is -0.469 e. The zero-order valence-electron chi connectivity index (χ0n) is 11.8. The van der Waals surface area contributed by atoms with Crippen molar-refractivity contribution in [1.82, 2.24) is 14.7 Å². The van der Waals surface area contributed by atoms with Crippen molar-refractivity contribution in [2.24, 2.45) is 0 Å². The van der Waals surface area contributed by atoms with E-state index >= 15 is 0 Å². The number of rotatable bonds is 6. The molecule has 0 amide bonds. The number of para-hydroxylation sites is 1. The smallest absolute Gasteiger partial charge is 0.306 e. The number of ether oxygens (including phenoxy) is 1. The van der Waals surface area contributed by atoms with E-state index < -0.39 is 0 Å². The minimum atomic E-state index is -0.183. The fourth-order valence-corrected chi connectivity index (χ4v) is 1.94. The van der Waals surface area contributed by atoms with Crippen molar-refractivity contribution >= 4 is 5.97 Å². The van der Waals surface area contributed by atoms with Crippen LogP contribution in [0.3, 0.4) is 0 Å². The third-order valence-corrected chi connectivity index (χ3v) is 3.03. The van der Waals surface area contributed by atoms with Gasteiger partial charge in [0.1, 0.15) is 0 Å². The Balaban J connectivity index is 1.91. The summed E-state index contributed by atoms with van der Waals surface area (Å²) in [7, 11) is 3.38. The van der Waals surface area contributed by atoms with Crippen LogP contribution in [0.4, 0.5) is 0 Å². The first-order chi connectivity index (χ1) is 9.69. The molecular weight excluding hydrogens is 254 g/mol. The second-order valence-corrected chi connectivity index (χ2v) is 4.69. The van der Waals surface area contributed by atoms with Gasteiger partial charge in [-0.05, 0) is 19.2 Å². The maximum atomic E-state index is 11.1. The molecule has 1 aromatic heterocycles. The van der Waals surface area contributed by atoms with Crippen LogP contribution in [-0.2, 0) is 16.1 Å². The summed E-state index contributed by atoms with van der Waals surface area (Å²) in [6, 6.07) is 9.97. The van der Waals surface area contributed by atoms with Crippen LogP contribution < -0.4 is 0 Å². The van der Waals surface area contributed by atoms with Crippen molar-refractivity contribution in [3.8, 4) is 5.69 Å². The Morgan fingerprint density at radius 1 is 1.35 bits per heavy atom. The highest BCUT2D eigenvalue weighted by Crippen LogP contribution is 2.09. The monoisotopic (exact) mass is 273 g/mol. The highest BCUT2D eigenvalue weighted by Gasteiger charge is 2.07. The molecule has 0 bridgehead atoms. The molecule has 106 valence electrons. The number of hydrogen-bond acceptors (Lipinski definition) is 4. The number of hydrogen-bond donors (Lipinski definition) is 0. The maximum Gasteiger partial charge on any atom is 0.306 e. The van der Waals surface area contributed by atoms with Crippen LogP contribution in [0.2, 0.25) is 0 Å². The molecule has 5 nitrogen and oxygen atoms in total. The van der Waals surface area contributed by atoms with Gasteiger partial charge < -0.3 is 9.64 Å². The van der Waals surface area contributed by atoms with Crippen LogP contribution in [0.15, 0.2) is 42.7 Å². The Labute approximate surface area is 118 Å². The number of nitrogens with zero attached hydrogens (tertiary/aromatic N) is 3. The molecule has 2 rings (SSSR count). The fourth-order valence-electron chi connectivity index (χ4n) is 1.94. The van der Waals surface area contributed by atoms with Gasteiger partial charge in [-0.15, -0.1) is 0 Å². The normalized spacial score (nSPS) is 10.8. The molecule has 0 aliphatic rings. The van der Waals surface area contributed by atoms with Crippen molar-refractivity contribution in [2.75, 3.05) is 20.7 Å². The van der Waals surface area contributed by atoms with Gasteiger partial charge in [-0.2, -0.15) is 5.10 Å². The predicted molar refractivity (Wildman–Crippen MR) is 76.5 cm³/mol. The summed E-state index contributed by atoms with van der Waals surface area (Å²) in [5.41, 5.74) is 2.15. The predicted octanol–water partition coefficient (Wildman–Crippen LogP) is 1.87. The molecule has 0 spiro atoms. The van der Waals surface area contributed by atoms with E-state index in [1.54, 1.807) is 0 Å². The molecule has 1 aromatic carbocycles. The highest BCUT2D eigenvalue weighted by atomic mass is 16.5. The van der Waals surface area contributed by atoms with Crippen LogP contribution in [0, 0.1) is 0 Å². The van der Waals surface area contributed by atoms with Gasteiger partial charge in [-0.3, -0.25) is 4.79 Å². The Hall–Kier alpha value is -2.14. The van der Waals surface area contributed by atoms with E-state index in [1.807, 2.05) is 54.5 Å². The van der Waals surface area contributed by atoms with E-state index in [2.05, 4.69) is 14.7 Å². The quantitative estimate of drug-likeness (QED) is 0.754. The molecule has 5 heteroatoms. The van der Waals surface area contributed by atoms with Gasteiger partial charge in [0.05, 0.1) is 25.4 Å². The van der Waals surface area contributed by atoms with Gasteiger partial charge >= 0.3 is 5.97 Å². The molecule has 1 heterocycles. The molecule has 0 saturated heterocycles. The molecule has 0 N–H and O–H groups in total. The number of methoxy groups -OCH3 is 1. The summed E-state index contributed by atoms with van der Waals surface area (Å²) in [5.74, 6) is -0.183. The Morgan fingerprint density at radius 2 is 2.10 bits per heavy atom. The summed E-state index contributed by atoms with van der Waals surface area (Å²) in [6.45, 7) is 1.42. The van der Waals surface area contributed by atoms with Gasteiger partial charge in [-0.1, -0.05) is 18.2 Å². The van der Waals surface area contributed by atoms with Crippen LogP contribution in [0.25, 0.3) is 5.69 Å². The molecule has 2 aromatic rings. The Bertz CT molecular complexity index is 551. The molecule has 20 heavy (non-hydrogen) atoms. The number of aromatic nitrogens is 2. The molecule has 0 aliphatic heterocycles. The van der Waals surface area contributed by atoms with E-state index in [-0.39, 0.29) is 5.97 Å². The lowest BCUT2D eigenvalue weighted by atomic mass is 10.3. The van der Waals surface area contributed by atoms with E-state index in [9.17, 15) is 4.79 Å². The highest BCUT2D eigenvalue weighted by molar-refractivity contribution is 5.69. The zero-order chi connectivity index (χ0) is 14.4. The minimum absolute atomic E-state index is 0.183. The lowest BCUT2D eigenvalue weighted by Gasteiger charge is -2.14. The summed E-state index contributed by atoms with van der Waals surface area (Å²) >= 11 is 0. The SMILES string of the molecule is COC(=O)CCN(C)Cc1cnn(-c2ccccc2)c1.